The van der Waals surface area contributed by atoms with Crippen LogP contribution in [0.2, 0.25) is 0 Å². The lowest BCUT2D eigenvalue weighted by molar-refractivity contribution is 0.297. The normalized spacial score (nSPS) is 26.1. The number of hydrogen-bond donors (Lipinski definition) is 0. The Labute approximate surface area is 214 Å². The van der Waals surface area contributed by atoms with Gasteiger partial charge in [0.25, 0.3) is 0 Å². The molecule has 9 heteroatoms. The minimum absolute atomic E-state index is 0.191. The molecule has 0 N–H and O–H groups in total. The van der Waals surface area contributed by atoms with Crippen LogP contribution in [0.15, 0.2) is 72.8 Å². The van der Waals surface area contributed by atoms with E-state index in [9.17, 15) is 13.7 Å². The fourth-order valence-electron chi connectivity index (χ4n) is 4.15. The predicted molar refractivity (Wildman–Crippen MR) is 146 cm³/mol. The second kappa shape index (κ2) is 11.3. The highest BCUT2D eigenvalue weighted by molar-refractivity contribution is 7.87. The Morgan fingerprint density at radius 3 is 0.861 bits per heavy atom. The molecule has 1 aliphatic heterocycles. The molecule has 6 nitrogen and oxygen atoms in total. The van der Waals surface area contributed by atoms with E-state index in [0.29, 0.717) is 0 Å². The Morgan fingerprint density at radius 1 is 0.444 bits per heavy atom. The van der Waals surface area contributed by atoms with Crippen LogP contribution in [-0.2, 0) is 45.9 Å². The first-order valence-corrected chi connectivity index (χ1v) is 17.1. The molecular formula is C27H33O6P3. The summed E-state index contributed by atoms with van der Waals surface area (Å²) in [4.78, 5) is 0. The van der Waals surface area contributed by atoms with E-state index < -0.39 is 22.8 Å². The zero-order valence-electron chi connectivity index (χ0n) is 21.0. The molecule has 36 heavy (non-hydrogen) atoms. The summed E-state index contributed by atoms with van der Waals surface area (Å²) in [5, 5.41) is 0.573. The average molecular weight is 546 g/mol. The highest BCUT2D eigenvalue weighted by Gasteiger charge is 2.55. The van der Waals surface area contributed by atoms with Crippen LogP contribution in [0.1, 0.15) is 56.7 Å². The molecule has 192 valence electrons. The SMILES string of the molecule is CCCc1ccc(P2(=O)OP(=O)(c3ccc(CCC)cc3)OP(=O)(c3ccc(CCC)cc3)O2)cc1. The van der Waals surface area contributed by atoms with Crippen LogP contribution in [0.3, 0.4) is 0 Å². The summed E-state index contributed by atoms with van der Waals surface area (Å²) in [6.45, 7) is 6.22. The largest absolute Gasteiger partial charge is 0.376 e. The molecule has 3 aromatic carbocycles. The zero-order chi connectivity index (χ0) is 25.8. The fourth-order valence-corrected chi connectivity index (χ4v) is 12.5. The van der Waals surface area contributed by atoms with Crippen LogP contribution < -0.4 is 15.9 Å². The zero-order valence-corrected chi connectivity index (χ0v) is 23.6. The van der Waals surface area contributed by atoms with E-state index in [1.807, 2.05) is 36.4 Å². The van der Waals surface area contributed by atoms with Gasteiger partial charge in [-0.25, -0.2) is 12.9 Å². The summed E-state index contributed by atoms with van der Waals surface area (Å²) < 4.78 is 59.6. The van der Waals surface area contributed by atoms with Crippen LogP contribution in [0.5, 0.6) is 0 Å². The van der Waals surface area contributed by atoms with Gasteiger partial charge in [-0.05, 0) is 72.4 Å². The van der Waals surface area contributed by atoms with Crippen molar-refractivity contribution in [1.29, 1.82) is 0 Å². The molecule has 0 amide bonds. The minimum atomic E-state index is -4.28. The maximum Gasteiger partial charge on any atom is 0.376 e. The van der Waals surface area contributed by atoms with Crippen LogP contribution in [0.4, 0.5) is 0 Å². The van der Waals surface area contributed by atoms with E-state index in [2.05, 4.69) is 20.8 Å². The van der Waals surface area contributed by atoms with Gasteiger partial charge in [0.1, 0.15) is 0 Å². The number of hydrogen-bond acceptors (Lipinski definition) is 6. The lowest BCUT2D eigenvalue weighted by atomic mass is 10.1. The Morgan fingerprint density at radius 2 is 0.667 bits per heavy atom. The van der Waals surface area contributed by atoms with Gasteiger partial charge in [-0.15, -0.1) is 0 Å². The van der Waals surface area contributed by atoms with Crippen molar-refractivity contribution >= 4 is 38.7 Å². The molecule has 0 atom stereocenters. The number of benzene rings is 3. The fraction of sp³-hybridized carbons (Fsp3) is 0.333. The summed E-state index contributed by atoms with van der Waals surface area (Å²) in [5.41, 5.74) is 3.18. The van der Waals surface area contributed by atoms with Gasteiger partial charge in [-0.2, -0.15) is 0 Å². The average Bonchev–Trinajstić information content (AvgIpc) is 2.85. The van der Waals surface area contributed by atoms with Crippen molar-refractivity contribution in [2.24, 2.45) is 0 Å². The molecule has 1 fully saturated rings. The van der Waals surface area contributed by atoms with Gasteiger partial charge in [0.05, 0.1) is 15.9 Å². The van der Waals surface area contributed by atoms with Gasteiger partial charge >= 0.3 is 22.8 Å². The van der Waals surface area contributed by atoms with Gasteiger partial charge in [0, 0.05) is 0 Å². The van der Waals surface area contributed by atoms with Crippen molar-refractivity contribution in [2.75, 3.05) is 0 Å². The van der Waals surface area contributed by atoms with Crippen molar-refractivity contribution < 1.29 is 26.6 Å². The molecule has 0 unspecified atom stereocenters. The molecule has 0 saturated carbocycles. The molecule has 0 aliphatic carbocycles. The Balaban J connectivity index is 1.78. The van der Waals surface area contributed by atoms with Crippen LogP contribution in [0, 0.1) is 0 Å². The third kappa shape index (κ3) is 5.86. The monoisotopic (exact) mass is 546 g/mol. The molecule has 1 heterocycles. The van der Waals surface area contributed by atoms with E-state index in [1.165, 1.54) is 0 Å². The van der Waals surface area contributed by atoms with Crippen molar-refractivity contribution in [3.8, 4) is 0 Å². The van der Waals surface area contributed by atoms with E-state index in [4.69, 9.17) is 12.9 Å². The van der Waals surface area contributed by atoms with Crippen molar-refractivity contribution in [3.63, 3.8) is 0 Å². The third-order valence-corrected chi connectivity index (χ3v) is 14.0. The van der Waals surface area contributed by atoms with Gasteiger partial charge in [-0.1, -0.05) is 76.4 Å². The second-order valence-corrected chi connectivity index (χ2v) is 15.5. The molecule has 0 radical (unpaired) electrons. The van der Waals surface area contributed by atoms with Gasteiger partial charge in [-0.3, -0.25) is 13.7 Å². The topological polar surface area (TPSA) is 78.9 Å². The van der Waals surface area contributed by atoms with Crippen molar-refractivity contribution in [3.05, 3.63) is 89.5 Å². The van der Waals surface area contributed by atoms with Gasteiger partial charge in [0.15, 0.2) is 0 Å². The number of rotatable bonds is 9. The smallest absolute Gasteiger partial charge is 0.254 e. The first-order valence-electron chi connectivity index (χ1n) is 12.5. The molecule has 1 aliphatic rings. The Kier molecular flexibility index (Phi) is 8.57. The molecule has 0 bridgehead atoms. The summed E-state index contributed by atoms with van der Waals surface area (Å²) in [6.07, 6.45) is 5.47. The molecular weight excluding hydrogens is 513 g/mol. The summed E-state index contributed by atoms with van der Waals surface area (Å²) in [6, 6.07) is 20.7. The van der Waals surface area contributed by atoms with Gasteiger partial charge < -0.3 is 0 Å². The van der Waals surface area contributed by atoms with E-state index >= 15 is 0 Å². The highest BCUT2D eigenvalue weighted by Crippen LogP contribution is 2.80. The summed E-state index contributed by atoms with van der Waals surface area (Å²) >= 11 is 0. The van der Waals surface area contributed by atoms with Crippen molar-refractivity contribution in [1.82, 2.24) is 0 Å². The number of aryl methyl sites for hydroxylation is 3. The molecule has 0 aromatic heterocycles. The van der Waals surface area contributed by atoms with E-state index in [-0.39, 0.29) is 15.9 Å². The van der Waals surface area contributed by atoms with Crippen LogP contribution >= 0.6 is 22.8 Å². The Bertz CT molecular complexity index is 1130. The molecule has 0 spiro atoms. The lowest BCUT2D eigenvalue weighted by Crippen LogP contribution is -2.22. The maximum atomic E-state index is 14.2. The van der Waals surface area contributed by atoms with Crippen LogP contribution in [-0.4, -0.2) is 0 Å². The summed E-state index contributed by atoms with van der Waals surface area (Å²) in [5.74, 6) is 0. The van der Waals surface area contributed by atoms with Gasteiger partial charge in [0.2, 0.25) is 0 Å². The quantitative estimate of drug-likeness (QED) is 0.259. The summed E-state index contributed by atoms with van der Waals surface area (Å²) in [7, 11) is -12.8. The first kappa shape index (κ1) is 27.3. The molecule has 1 saturated heterocycles. The first-order chi connectivity index (χ1) is 17.2. The highest BCUT2D eigenvalue weighted by atomic mass is 31.3. The van der Waals surface area contributed by atoms with Crippen LogP contribution in [0.25, 0.3) is 0 Å². The third-order valence-electron chi connectivity index (χ3n) is 6.02. The molecule has 3 aromatic rings. The lowest BCUT2D eigenvalue weighted by Gasteiger charge is -2.34. The van der Waals surface area contributed by atoms with E-state index in [0.717, 1.165) is 55.2 Å². The predicted octanol–water partition coefficient (Wildman–Crippen LogP) is 7.46. The standard InChI is InChI=1S/C27H33O6P3/c1-4-7-22-10-16-25(17-11-22)34(28)31-35(29,26-18-12-23(8-5-2)13-19-26)33-36(30,32-34)27-20-14-24(9-6-3)15-21-27/h10-21H,4-9H2,1-3H3. The van der Waals surface area contributed by atoms with E-state index in [1.54, 1.807) is 36.4 Å². The maximum absolute atomic E-state index is 14.2. The second-order valence-electron chi connectivity index (χ2n) is 8.99. The molecule has 4 rings (SSSR count). The van der Waals surface area contributed by atoms with Crippen molar-refractivity contribution in [2.45, 2.75) is 59.3 Å². The minimum Gasteiger partial charge on any atom is -0.254 e. The Hall–Kier alpha value is -1.77.